The predicted octanol–water partition coefficient (Wildman–Crippen LogP) is 4.47. The van der Waals surface area contributed by atoms with E-state index < -0.39 is 0 Å². The van der Waals surface area contributed by atoms with Crippen LogP contribution in [0.2, 0.25) is 0 Å². The highest BCUT2D eigenvalue weighted by atomic mass is 16.2. The van der Waals surface area contributed by atoms with Crippen molar-refractivity contribution in [3.8, 4) is 0 Å². The van der Waals surface area contributed by atoms with Crippen LogP contribution in [0.15, 0.2) is 48.5 Å². The maximum atomic E-state index is 12.5. The van der Waals surface area contributed by atoms with Crippen molar-refractivity contribution in [1.29, 1.82) is 0 Å². The topological polar surface area (TPSA) is 35.6 Å². The standard InChI is InChI=1S/C24H31N3O/c1-18-8-9-19(2)23(14-18)25-24(28)27-16-22(17-27)26-12-10-21(11-13-26)15-20-6-4-3-5-7-20/h3-9,14,21-22H,10-13,15-17H2,1-2H3,(H,25,28). The fourth-order valence-electron chi connectivity index (χ4n) is 4.39. The third kappa shape index (κ3) is 4.39. The largest absolute Gasteiger partial charge is 0.321 e. The van der Waals surface area contributed by atoms with Gasteiger partial charge < -0.3 is 10.2 Å². The van der Waals surface area contributed by atoms with E-state index in [9.17, 15) is 4.79 Å². The Kier molecular flexibility index (Phi) is 5.67. The summed E-state index contributed by atoms with van der Waals surface area (Å²) in [6.07, 6.45) is 3.73. The SMILES string of the molecule is Cc1ccc(C)c(NC(=O)N2CC(N3CCC(Cc4ccccc4)CC3)C2)c1. The fraction of sp³-hybridized carbons (Fsp3) is 0.458. The monoisotopic (exact) mass is 377 g/mol. The van der Waals surface area contributed by atoms with Gasteiger partial charge in [-0.1, -0.05) is 42.5 Å². The van der Waals surface area contributed by atoms with Crippen molar-refractivity contribution in [1.82, 2.24) is 9.80 Å². The number of piperidine rings is 1. The van der Waals surface area contributed by atoms with E-state index >= 15 is 0 Å². The molecular formula is C24H31N3O. The lowest BCUT2D eigenvalue weighted by Crippen LogP contribution is -2.63. The van der Waals surface area contributed by atoms with Gasteiger partial charge in [-0.15, -0.1) is 0 Å². The minimum absolute atomic E-state index is 0.0314. The van der Waals surface area contributed by atoms with E-state index in [-0.39, 0.29) is 6.03 Å². The molecule has 2 heterocycles. The quantitative estimate of drug-likeness (QED) is 0.853. The first-order valence-corrected chi connectivity index (χ1v) is 10.5. The second kappa shape index (κ2) is 8.36. The van der Waals surface area contributed by atoms with Gasteiger partial charge in [-0.05, 0) is 74.9 Å². The number of urea groups is 1. The zero-order chi connectivity index (χ0) is 19.5. The normalized spacial score (nSPS) is 18.7. The van der Waals surface area contributed by atoms with Crippen LogP contribution in [0.4, 0.5) is 10.5 Å². The molecule has 0 radical (unpaired) electrons. The third-order valence-electron chi connectivity index (χ3n) is 6.32. The van der Waals surface area contributed by atoms with Gasteiger partial charge in [-0.2, -0.15) is 0 Å². The number of anilines is 1. The molecule has 1 N–H and O–H groups in total. The number of carbonyl (C=O) groups is 1. The Balaban J connectivity index is 1.21. The molecule has 2 saturated heterocycles. The summed E-state index contributed by atoms with van der Waals surface area (Å²) in [4.78, 5) is 17.1. The summed E-state index contributed by atoms with van der Waals surface area (Å²) >= 11 is 0. The molecule has 4 heteroatoms. The molecule has 0 spiro atoms. The van der Waals surface area contributed by atoms with Gasteiger partial charge >= 0.3 is 6.03 Å². The third-order valence-corrected chi connectivity index (χ3v) is 6.32. The maximum absolute atomic E-state index is 12.5. The second-order valence-electron chi connectivity index (χ2n) is 8.48. The van der Waals surface area contributed by atoms with Gasteiger partial charge in [-0.25, -0.2) is 4.79 Å². The van der Waals surface area contributed by atoms with Gasteiger partial charge in [0.05, 0.1) is 0 Å². The lowest BCUT2D eigenvalue weighted by Gasteiger charge is -2.47. The Labute approximate surface area is 168 Å². The Morgan fingerprint density at radius 2 is 1.75 bits per heavy atom. The van der Waals surface area contributed by atoms with E-state index in [0.29, 0.717) is 6.04 Å². The highest BCUT2D eigenvalue weighted by Gasteiger charge is 2.36. The summed E-state index contributed by atoms with van der Waals surface area (Å²) in [5.74, 6) is 0.794. The molecule has 0 aromatic heterocycles. The van der Waals surface area contributed by atoms with Gasteiger partial charge in [0, 0.05) is 24.8 Å². The van der Waals surface area contributed by atoms with E-state index in [1.165, 1.54) is 30.4 Å². The van der Waals surface area contributed by atoms with E-state index in [4.69, 9.17) is 0 Å². The average molecular weight is 378 g/mol. The van der Waals surface area contributed by atoms with Crippen molar-refractivity contribution in [2.75, 3.05) is 31.5 Å². The molecular weight excluding hydrogens is 346 g/mol. The highest BCUT2D eigenvalue weighted by Crippen LogP contribution is 2.26. The van der Waals surface area contributed by atoms with Gasteiger partial charge in [0.25, 0.3) is 0 Å². The van der Waals surface area contributed by atoms with Crippen molar-refractivity contribution < 1.29 is 4.79 Å². The molecule has 28 heavy (non-hydrogen) atoms. The number of likely N-dealkylation sites (tertiary alicyclic amines) is 2. The number of amides is 2. The van der Waals surface area contributed by atoms with Crippen LogP contribution in [0.3, 0.4) is 0 Å². The molecule has 0 aliphatic carbocycles. The molecule has 4 nitrogen and oxygen atoms in total. The first-order valence-electron chi connectivity index (χ1n) is 10.5. The summed E-state index contributed by atoms with van der Waals surface area (Å²) in [6, 6.07) is 17.6. The number of benzene rings is 2. The van der Waals surface area contributed by atoms with Crippen LogP contribution >= 0.6 is 0 Å². The van der Waals surface area contributed by atoms with Crippen molar-refractivity contribution in [3.05, 3.63) is 65.2 Å². The molecule has 2 amide bonds. The Hall–Kier alpha value is -2.33. The number of nitrogens with zero attached hydrogens (tertiary/aromatic N) is 2. The molecule has 2 aliphatic rings. The lowest BCUT2D eigenvalue weighted by molar-refractivity contribution is 0.0383. The van der Waals surface area contributed by atoms with Gasteiger partial charge in [0.15, 0.2) is 0 Å². The van der Waals surface area contributed by atoms with Crippen LogP contribution in [0.1, 0.15) is 29.5 Å². The van der Waals surface area contributed by atoms with E-state index in [0.717, 1.165) is 43.3 Å². The van der Waals surface area contributed by atoms with Crippen LogP contribution in [-0.4, -0.2) is 48.1 Å². The van der Waals surface area contributed by atoms with Gasteiger partial charge in [-0.3, -0.25) is 4.90 Å². The summed E-state index contributed by atoms with van der Waals surface area (Å²) in [7, 11) is 0. The van der Waals surface area contributed by atoms with Crippen molar-refractivity contribution >= 4 is 11.7 Å². The van der Waals surface area contributed by atoms with Crippen molar-refractivity contribution in [2.24, 2.45) is 5.92 Å². The van der Waals surface area contributed by atoms with E-state index in [2.05, 4.69) is 59.6 Å². The Bertz CT molecular complexity index is 806. The van der Waals surface area contributed by atoms with Crippen LogP contribution in [-0.2, 0) is 6.42 Å². The maximum Gasteiger partial charge on any atom is 0.321 e. The number of hydrogen-bond donors (Lipinski definition) is 1. The minimum atomic E-state index is 0.0314. The van der Waals surface area contributed by atoms with Gasteiger partial charge in [0.1, 0.15) is 0 Å². The molecule has 0 unspecified atom stereocenters. The van der Waals surface area contributed by atoms with Crippen molar-refractivity contribution in [2.45, 2.75) is 39.2 Å². The molecule has 2 aliphatic heterocycles. The molecule has 148 valence electrons. The Morgan fingerprint density at radius 3 is 2.46 bits per heavy atom. The number of carbonyl (C=O) groups excluding carboxylic acids is 1. The fourth-order valence-corrected chi connectivity index (χ4v) is 4.39. The first kappa shape index (κ1) is 19.0. The van der Waals surface area contributed by atoms with Crippen LogP contribution in [0.5, 0.6) is 0 Å². The average Bonchev–Trinajstić information content (AvgIpc) is 2.66. The van der Waals surface area contributed by atoms with Crippen molar-refractivity contribution in [3.63, 3.8) is 0 Å². The highest BCUT2D eigenvalue weighted by molar-refractivity contribution is 5.90. The van der Waals surface area contributed by atoms with Gasteiger partial charge in [0.2, 0.25) is 0 Å². The molecule has 2 fully saturated rings. The predicted molar refractivity (Wildman–Crippen MR) is 115 cm³/mol. The molecule has 0 bridgehead atoms. The first-order chi connectivity index (χ1) is 13.6. The van der Waals surface area contributed by atoms with Crippen LogP contribution in [0.25, 0.3) is 0 Å². The number of aryl methyl sites for hydroxylation is 2. The molecule has 0 saturated carbocycles. The second-order valence-corrected chi connectivity index (χ2v) is 8.48. The number of nitrogens with one attached hydrogen (secondary N) is 1. The zero-order valence-electron chi connectivity index (χ0n) is 17.0. The zero-order valence-corrected chi connectivity index (χ0v) is 17.0. The lowest BCUT2D eigenvalue weighted by atomic mass is 9.89. The molecule has 2 aromatic rings. The molecule has 4 rings (SSSR count). The minimum Gasteiger partial charge on any atom is -0.321 e. The summed E-state index contributed by atoms with van der Waals surface area (Å²) in [6.45, 7) is 8.10. The number of rotatable bonds is 4. The summed E-state index contributed by atoms with van der Waals surface area (Å²) < 4.78 is 0. The molecule has 2 aromatic carbocycles. The molecule has 0 atom stereocenters. The van der Waals surface area contributed by atoms with Crippen LogP contribution < -0.4 is 5.32 Å². The smallest absolute Gasteiger partial charge is 0.321 e. The number of hydrogen-bond acceptors (Lipinski definition) is 2. The van der Waals surface area contributed by atoms with E-state index in [1.54, 1.807) is 0 Å². The summed E-state index contributed by atoms with van der Waals surface area (Å²) in [5, 5.41) is 3.08. The summed E-state index contributed by atoms with van der Waals surface area (Å²) in [5.41, 5.74) is 4.66. The van der Waals surface area contributed by atoms with E-state index in [1.807, 2.05) is 17.9 Å². The Morgan fingerprint density at radius 1 is 1.04 bits per heavy atom. The van der Waals surface area contributed by atoms with Crippen LogP contribution in [0, 0.1) is 19.8 Å².